The quantitative estimate of drug-likeness (QED) is 0.687. The van der Waals surface area contributed by atoms with Crippen LogP contribution >= 0.6 is 0 Å². The van der Waals surface area contributed by atoms with Crippen LogP contribution in [0.4, 0.5) is 5.69 Å². The highest BCUT2D eigenvalue weighted by Crippen LogP contribution is 2.31. The number of carbonyl (C=O) groups is 1. The molecule has 28 heavy (non-hydrogen) atoms. The van der Waals surface area contributed by atoms with Gasteiger partial charge in [-0.3, -0.25) is 4.79 Å². The van der Waals surface area contributed by atoms with Crippen LogP contribution in [0.2, 0.25) is 0 Å². The number of rotatable bonds is 7. The first kappa shape index (κ1) is 20.2. The Morgan fingerprint density at radius 1 is 1.14 bits per heavy atom. The van der Waals surface area contributed by atoms with E-state index in [1.807, 2.05) is 43.1 Å². The number of fused-ring (bicyclic) bond motifs is 1. The van der Waals surface area contributed by atoms with Gasteiger partial charge in [0.2, 0.25) is 10.0 Å². The van der Waals surface area contributed by atoms with Gasteiger partial charge in [0.15, 0.2) is 6.10 Å². The van der Waals surface area contributed by atoms with Gasteiger partial charge in [0.1, 0.15) is 5.75 Å². The fraction of sp³-hybridized carbons (Fsp3) is 0.350. The standard InChI is InChI=1S/C20H25N3O4S/c1-15-8-10-16(11-9-15)28(25,26)22-13-5-12-21-20(24)19-14-23(2)17-6-3-4-7-18(17)27-19/h3-4,6-11,19,22H,5,12-14H2,1-2H3,(H,21,24)/t19-/m1/s1. The van der Waals surface area contributed by atoms with Crippen LogP contribution in [0.1, 0.15) is 12.0 Å². The van der Waals surface area contributed by atoms with E-state index in [2.05, 4.69) is 10.0 Å². The monoisotopic (exact) mass is 403 g/mol. The highest BCUT2D eigenvalue weighted by Gasteiger charge is 2.28. The van der Waals surface area contributed by atoms with Gasteiger partial charge in [-0.05, 0) is 37.6 Å². The van der Waals surface area contributed by atoms with Crippen LogP contribution in [0.15, 0.2) is 53.4 Å². The third-order valence-corrected chi connectivity index (χ3v) is 6.03. The molecule has 1 heterocycles. The Kier molecular flexibility index (Phi) is 6.21. The summed E-state index contributed by atoms with van der Waals surface area (Å²) in [4.78, 5) is 14.6. The lowest BCUT2D eigenvalue weighted by molar-refractivity contribution is -0.127. The Labute approximate surface area is 165 Å². The van der Waals surface area contributed by atoms with Crippen molar-refractivity contribution in [2.24, 2.45) is 0 Å². The van der Waals surface area contributed by atoms with Gasteiger partial charge in [0.05, 0.1) is 17.1 Å². The predicted molar refractivity (Wildman–Crippen MR) is 108 cm³/mol. The lowest BCUT2D eigenvalue weighted by Crippen LogP contribution is -2.48. The number of para-hydroxylation sites is 2. The topological polar surface area (TPSA) is 87.7 Å². The fourth-order valence-corrected chi connectivity index (χ4v) is 4.04. The Hall–Kier alpha value is -2.58. The zero-order chi connectivity index (χ0) is 20.1. The first-order valence-electron chi connectivity index (χ1n) is 9.18. The number of hydrogen-bond donors (Lipinski definition) is 2. The number of ether oxygens (including phenoxy) is 1. The van der Waals surface area contributed by atoms with E-state index in [0.29, 0.717) is 25.3 Å². The first-order valence-corrected chi connectivity index (χ1v) is 10.7. The van der Waals surface area contributed by atoms with E-state index in [1.165, 1.54) is 0 Å². The van der Waals surface area contributed by atoms with Gasteiger partial charge in [-0.1, -0.05) is 29.8 Å². The molecule has 0 aliphatic carbocycles. The molecule has 0 spiro atoms. The summed E-state index contributed by atoms with van der Waals surface area (Å²) in [5.74, 6) is 0.477. The van der Waals surface area contributed by atoms with Gasteiger partial charge in [-0.15, -0.1) is 0 Å². The summed E-state index contributed by atoms with van der Waals surface area (Å²) in [7, 11) is -1.61. The van der Waals surface area contributed by atoms with Crippen molar-refractivity contribution >= 4 is 21.6 Å². The van der Waals surface area contributed by atoms with Gasteiger partial charge >= 0.3 is 0 Å². The summed E-state index contributed by atoms with van der Waals surface area (Å²) in [6.45, 7) is 2.97. The van der Waals surface area contributed by atoms with Crippen molar-refractivity contribution < 1.29 is 17.9 Å². The molecule has 150 valence electrons. The predicted octanol–water partition coefficient (Wildman–Crippen LogP) is 1.68. The summed E-state index contributed by atoms with van der Waals surface area (Å²) < 4.78 is 32.8. The molecule has 0 radical (unpaired) electrons. The molecule has 0 saturated carbocycles. The number of anilines is 1. The number of likely N-dealkylation sites (N-methyl/N-ethyl adjacent to an activating group) is 1. The van der Waals surface area contributed by atoms with E-state index in [4.69, 9.17) is 4.74 Å². The summed E-state index contributed by atoms with van der Waals surface area (Å²) in [5, 5.41) is 2.81. The number of sulfonamides is 1. The summed E-state index contributed by atoms with van der Waals surface area (Å²) >= 11 is 0. The van der Waals surface area contributed by atoms with Crippen LogP contribution in [0.5, 0.6) is 5.75 Å². The van der Waals surface area contributed by atoms with Crippen LogP contribution < -0.4 is 19.7 Å². The molecule has 1 aliphatic rings. The second-order valence-electron chi connectivity index (χ2n) is 6.81. The van der Waals surface area contributed by atoms with E-state index in [0.717, 1.165) is 11.3 Å². The van der Waals surface area contributed by atoms with Crippen molar-refractivity contribution in [1.82, 2.24) is 10.0 Å². The summed E-state index contributed by atoms with van der Waals surface area (Å²) in [6, 6.07) is 14.3. The molecule has 0 aromatic heterocycles. The van der Waals surface area contributed by atoms with E-state index in [-0.39, 0.29) is 17.3 Å². The van der Waals surface area contributed by atoms with Crippen molar-refractivity contribution in [1.29, 1.82) is 0 Å². The number of amides is 1. The molecule has 2 aromatic rings. The van der Waals surface area contributed by atoms with E-state index < -0.39 is 16.1 Å². The molecule has 1 aliphatic heterocycles. The van der Waals surface area contributed by atoms with Crippen molar-refractivity contribution in [2.75, 3.05) is 31.6 Å². The summed E-state index contributed by atoms with van der Waals surface area (Å²) in [6.07, 6.45) is -0.111. The molecule has 2 aromatic carbocycles. The molecule has 8 heteroatoms. The third kappa shape index (κ3) is 4.82. The molecular formula is C20H25N3O4S. The minimum atomic E-state index is -3.53. The maximum absolute atomic E-state index is 12.4. The van der Waals surface area contributed by atoms with Crippen LogP contribution in [0, 0.1) is 6.92 Å². The first-order chi connectivity index (χ1) is 13.4. The second kappa shape index (κ2) is 8.62. The van der Waals surface area contributed by atoms with Crippen molar-refractivity contribution in [2.45, 2.75) is 24.3 Å². The van der Waals surface area contributed by atoms with Crippen molar-refractivity contribution in [3.8, 4) is 5.75 Å². The number of nitrogens with one attached hydrogen (secondary N) is 2. The molecular weight excluding hydrogens is 378 g/mol. The molecule has 1 atom stereocenters. The van der Waals surface area contributed by atoms with Crippen LogP contribution in [0.25, 0.3) is 0 Å². The summed E-state index contributed by atoms with van der Waals surface area (Å²) in [5.41, 5.74) is 1.96. The maximum Gasteiger partial charge on any atom is 0.262 e. The normalized spacial score (nSPS) is 16.2. The molecule has 0 unspecified atom stereocenters. The molecule has 7 nitrogen and oxygen atoms in total. The molecule has 0 bridgehead atoms. The number of aryl methyl sites for hydroxylation is 1. The molecule has 0 saturated heterocycles. The minimum absolute atomic E-state index is 0.206. The second-order valence-corrected chi connectivity index (χ2v) is 8.58. The number of carbonyl (C=O) groups excluding carboxylic acids is 1. The minimum Gasteiger partial charge on any atom is -0.477 e. The average molecular weight is 404 g/mol. The average Bonchev–Trinajstić information content (AvgIpc) is 2.68. The van der Waals surface area contributed by atoms with Crippen LogP contribution in [0.3, 0.4) is 0 Å². The van der Waals surface area contributed by atoms with Gasteiger partial charge in [-0.2, -0.15) is 0 Å². The molecule has 1 amide bonds. The largest absolute Gasteiger partial charge is 0.477 e. The smallest absolute Gasteiger partial charge is 0.262 e. The van der Waals surface area contributed by atoms with Gasteiger partial charge < -0.3 is 15.0 Å². The van der Waals surface area contributed by atoms with Crippen molar-refractivity contribution in [3.05, 3.63) is 54.1 Å². The lowest BCUT2D eigenvalue weighted by atomic mass is 10.2. The van der Waals surface area contributed by atoms with Crippen LogP contribution in [-0.4, -0.2) is 47.1 Å². The Bertz CT molecular complexity index is 929. The fourth-order valence-electron chi connectivity index (χ4n) is 2.97. The van der Waals surface area contributed by atoms with Gasteiger partial charge in [0, 0.05) is 20.1 Å². The van der Waals surface area contributed by atoms with E-state index in [1.54, 1.807) is 24.3 Å². The Morgan fingerprint density at radius 3 is 2.61 bits per heavy atom. The molecule has 3 rings (SSSR count). The third-order valence-electron chi connectivity index (χ3n) is 4.55. The number of benzene rings is 2. The Morgan fingerprint density at radius 2 is 1.86 bits per heavy atom. The van der Waals surface area contributed by atoms with Crippen molar-refractivity contribution in [3.63, 3.8) is 0 Å². The zero-order valence-electron chi connectivity index (χ0n) is 16.0. The molecule has 0 fully saturated rings. The highest BCUT2D eigenvalue weighted by molar-refractivity contribution is 7.89. The number of nitrogens with zero attached hydrogens (tertiary/aromatic N) is 1. The zero-order valence-corrected chi connectivity index (χ0v) is 16.8. The van der Waals surface area contributed by atoms with E-state index in [9.17, 15) is 13.2 Å². The SMILES string of the molecule is Cc1ccc(S(=O)(=O)NCCCNC(=O)[C@H]2CN(C)c3ccccc3O2)cc1. The molecule has 2 N–H and O–H groups in total. The maximum atomic E-state index is 12.4. The van der Waals surface area contributed by atoms with Crippen LogP contribution in [-0.2, 0) is 14.8 Å². The van der Waals surface area contributed by atoms with Gasteiger partial charge in [0.25, 0.3) is 5.91 Å². The van der Waals surface area contributed by atoms with Gasteiger partial charge in [-0.25, -0.2) is 13.1 Å². The number of hydrogen-bond acceptors (Lipinski definition) is 5. The lowest BCUT2D eigenvalue weighted by Gasteiger charge is -2.32. The Balaban J connectivity index is 1.43. The van der Waals surface area contributed by atoms with E-state index >= 15 is 0 Å². The highest BCUT2D eigenvalue weighted by atomic mass is 32.2.